The van der Waals surface area contributed by atoms with Gasteiger partial charge in [0.15, 0.2) is 11.5 Å². The molecular weight excluding hydrogens is 400 g/mol. The van der Waals surface area contributed by atoms with Gasteiger partial charge in [-0.25, -0.2) is 0 Å². The molecule has 1 aromatic carbocycles. The number of piperidine rings is 1. The molecule has 3 fully saturated rings. The maximum atomic E-state index is 13.5. The second-order valence-electron chi connectivity index (χ2n) is 9.17. The number of nitrogens with zero attached hydrogens (tertiary/aromatic N) is 1. The summed E-state index contributed by atoms with van der Waals surface area (Å²) in [6, 6.07) is 3.82. The van der Waals surface area contributed by atoms with Crippen LogP contribution in [0.2, 0.25) is 0 Å². The quantitative estimate of drug-likeness (QED) is 0.732. The lowest BCUT2D eigenvalue weighted by molar-refractivity contribution is -0.169. The largest absolute Gasteiger partial charge is 0.493 e. The fourth-order valence-corrected chi connectivity index (χ4v) is 6.50. The molecule has 0 bridgehead atoms. The fourth-order valence-electron chi connectivity index (χ4n) is 6.50. The van der Waals surface area contributed by atoms with Crippen LogP contribution in [0.5, 0.6) is 11.5 Å². The van der Waals surface area contributed by atoms with E-state index in [0.29, 0.717) is 18.1 Å². The van der Waals surface area contributed by atoms with E-state index in [1.54, 1.807) is 14.2 Å². The normalized spacial score (nSPS) is 36.4. The van der Waals surface area contributed by atoms with E-state index in [0.717, 1.165) is 37.2 Å². The van der Waals surface area contributed by atoms with Gasteiger partial charge in [0.05, 0.1) is 45.4 Å². The van der Waals surface area contributed by atoms with Crippen molar-refractivity contribution in [3.8, 4) is 11.5 Å². The molecule has 1 aromatic rings. The number of ether oxygens (including phenoxy) is 4. The van der Waals surface area contributed by atoms with E-state index in [1.165, 1.54) is 7.11 Å². The minimum atomic E-state index is -0.651. The number of methoxy groups -OCH3 is 3. The molecule has 4 heterocycles. The van der Waals surface area contributed by atoms with Crippen LogP contribution in [-0.4, -0.2) is 69.9 Å². The minimum Gasteiger partial charge on any atom is -0.493 e. The SMILES string of the molecule is COC(=O)[C@@H]1CO[C@@H](C)[C@@H]2CN3CC[C@]4(C(=O)Nc5cc(OC)c(OC)cc54)[C@@H]3C[C@@H]21. The van der Waals surface area contributed by atoms with Gasteiger partial charge in [0.25, 0.3) is 0 Å². The molecule has 8 nitrogen and oxygen atoms in total. The van der Waals surface area contributed by atoms with E-state index in [-0.39, 0.29) is 41.8 Å². The number of nitrogens with one attached hydrogen (secondary N) is 1. The standard InChI is InChI=1S/C23H30N2O6/c1-12-14-10-25-6-5-23(20(25)7-13(14)15(11-31-12)21(26)30-4)16-8-18(28-2)19(29-3)9-17(16)24-22(23)27/h8-9,12-15,20H,5-7,10-11H2,1-4H3,(H,24,27)/t12-,13-,14-,15+,20-,23+/m0/s1. The Labute approximate surface area is 182 Å². The third-order valence-electron chi connectivity index (χ3n) is 8.11. The number of amides is 1. The van der Waals surface area contributed by atoms with Gasteiger partial charge in [0, 0.05) is 30.3 Å². The molecule has 168 valence electrons. The van der Waals surface area contributed by atoms with Gasteiger partial charge in [-0.2, -0.15) is 0 Å². The predicted molar refractivity (Wildman–Crippen MR) is 112 cm³/mol. The third-order valence-corrected chi connectivity index (χ3v) is 8.11. The fraction of sp³-hybridized carbons (Fsp3) is 0.652. The van der Waals surface area contributed by atoms with Crippen molar-refractivity contribution in [3.05, 3.63) is 17.7 Å². The Morgan fingerprint density at radius 1 is 1.19 bits per heavy atom. The minimum absolute atomic E-state index is 0.0190. The highest BCUT2D eigenvalue weighted by molar-refractivity contribution is 6.07. The van der Waals surface area contributed by atoms with Crippen molar-refractivity contribution in [1.29, 1.82) is 0 Å². The molecule has 0 aliphatic carbocycles. The van der Waals surface area contributed by atoms with Gasteiger partial charge in [-0.3, -0.25) is 14.5 Å². The zero-order chi connectivity index (χ0) is 21.9. The highest BCUT2D eigenvalue weighted by atomic mass is 16.5. The van der Waals surface area contributed by atoms with Crippen molar-refractivity contribution < 1.29 is 28.5 Å². The van der Waals surface area contributed by atoms with Gasteiger partial charge in [-0.1, -0.05) is 0 Å². The van der Waals surface area contributed by atoms with Gasteiger partial charge < -0.3 is 24.3 Å². The van der Waals surface area contributed by atoms with Crippen molar-refractivity contribution in [2.45, 2.75) is 37.3 Å². The highest BCUT2D eigenvalue weighted by Crippen LogP contribution is 2.55. The Hall–Kier alpha value is -2.32. The first kappa shape index (κ1) is 20.6. The van der Waals surface area contributed by atoms with Crippen LogP contribution in [0.4, 0.5) is 5.69 Å². The molecule has 6 atom stereocenters. The highest BCUT2D eigenvalue weighted by Gasteiger charge is 2.62. The van der Waals surface area contributed by atoms with Crippen LogP contribution in [0.1, 0.15) is 25.3 Å². The van der Waals surface area contributed by atoms with E-state index in [2.05, 4.69) is 17.1 Å². The summed E-state index contributed by atoms with van der Waals surface area (Å²) in [5.74, 6) is 1.12. The monoisotopic (exact) mass is 430 g/mol. The Morgan fingerprint density at radius 3 is 2.65 bits per heavy atom. The van der Waals surface area contributed by atoms with Gasteiger partial charge in [-0.05, 0) is 43.9 Å². The molecule has 1 spiro atoms. The maximum Gasteiger partial charge on any atom is 0.311 e. The molecule has 0 unspecified atom stereocenters. The van der Waals surface area contributed by atoms with Crippen LogP contribution < -0.4 is 14.8 Å². The smallest absolute Gasteiger partial charge is 0.311 e. The average Bonchev–Trinajstić information content (AvgIpc) is 3.29. The van der Waals surface area contributed by atoms with E-state index in [9.17, 15) is 9.59 Å². The molecule has 0 radical (unpaired) electrons. The lowest BCUT2D eigenvalue weighted by Gasteiger charge is -2.50. The summed E-state index contributed by atoms with van der Waals surface area (Å²) in [4.78, 5) is 28.4. The summed E-state index contributed by atoms with van der Waals surface area (Å²) in [5.41, 5.74) is 1.11. The Balaban J connectivity index is 1.55. The van der Waals surface area contributed by atoms with E-state index in [4.69, 9.17) is 18.9 Å². The Morgan fingerprint density at radius 2 is 1.94 bits per heavy atom. The lowest BCUT2D eigenvalue weighted by atomic mass is 9.65. The van der Waals surface area contributed by atoms with Gasteiger partial charge in [-0.15, -0.1) is 0 Å². The zero-order valence-electron chi connectivity index (χ0n) is 18.5. The number of carbonyl (C=O) groups excluding carboxylic acids is 2. The molecule has 1 amide bonds. The molecule has 3 saturated heterocycles. The van der Waals surface area contributed by atoms with Crippen LogP contribution in [0.25, 0.3) is 0 Å². The number of rotatable bonds is 3. The predicted octanol–water partition coefficient (Wildman–Crippen LogP) is 1.81. The van der Waals surface area contributed by atoms with E-state index in [1.807, 2.05) is 12.1 Å². The van der Waals surface area contributed by atoms with Crippen LogP contribution in [-0.2, 0) is 24.5 Å². The van der Waals surface area contributed by atoms with Crippen molar-refractivity contribution in [3.63, 3.8) is 0 Å². The summed E-state index contributed by atoms with van der Waals surface area (Å²) in [7, 11) is 4.63. The molecule has 0 saturated carbocycles. The summed E-state index contributed by atoms with van der Waals surface area (Å²) >= 11 is 0. The van der Waals surface area contributed by atoms with Crippen molar-refractivity contribution >= 4 is 17.6 Å². The number of hydrogen-bond donors (Lipinski definition) is 1. The third kappa shape index (κ3) is 2.80. The molecule has 8 heteroatoms. The summed E-state index contributed by atoms with van der Waals surface area (Å²) in [5, 5.41) is 3.10. The number of hydrogen-bond acceptors (Lipinski definition) is 7. The molecule has 4 aliphatic rings. The summed E-state index contributed by atoms with van der Waals surface area (Å²) in [6.45, 7) is 4.13. The summed E-state index contributed by atoms with van der Waals surface area (Å²) < 4.78 is 22.0. The number of benzene rings is 1. The molecule has 0 aromatic heterocycles. The Bertz CT molecular complexity index is 920. The zero-order valence-corrected chi connectivity index (χ0v) is 18.5. The molecule has 1 N–H and O–H groups in total. The van der Waals surface area contributed by atoms with Crippen LogP contribution >= 0.6 is 0 Å². The van der Waals surface area contributed by atoms with Gasteiger partial charge >= 0.3 is 5.97 Å². The Kier molecular flexibility index (Phi) is 4.90. The summed E-state index contributed by atoms with van der Waals surface area (Å²) in [6.07, 6.45) is 1.58. The van der Waals surface area contributed by atoms with Crippen LogP contribution in [0.15, 0.2) is 12.1 Å². The molecular formula is C23H30N2O6. The average molecular weight is 431 g/mol. The first-order valence-corrected chi connectivity index (χ1v) is 11.0. The van der Waals surface area contributed by atoms with Crippen molar-refractivity contribution in [2.24, 2.45) is 17.8 Å². The number of anilines is 1. The van der Waals surface area contributed by atoms with Gasteiger partial charge in [0.1, 0.15) is 0 Å². The molecule has 4 aliphatic heterocycles. The van der Waals surface area contributed by atoms with Crippen molar-refractivity contribution in [1.82, 2.24) is 4.90 Å². The first-order valence-electron chi connectivity index (χ1n) is 11.0. The van der Waals surface area contributed by atoms with Crippen LogP contribution in [0, 0.1) is 17.8 Å². The van der Waals surface area contributed by atoms with Crippen molar-refractivity contribution in [2.75, 3.05) is 46.3 Å². The maximum absolute atomic E-state index is 13.5. The topological polar surface area (TPSA) is 86.3 Å². The van der Waals surface area contributed by atoms with Gasteiger partial charge in [0.2, 0.25) is 5.91 Å². The number of fused-ring (bicyclic) bond motifs is 5. The molecule has 5 rings (SSSR count). The second kappa shape index (κ2) is 7.38. The molecule has 31 heavy (non-hydrogen) atoms. The van der Waals surface area contributed by atoms with Crippen LogP contribution in [0.3, 0.4) is 0 Å². The number of carbonyl (C=O) groups is 2. The van der Waals surface area contributed by atoms with E-state index < -0.39 is 5.41 Å². The van der Waals surface area contributed by atoms with E-state index >= 15 is 0 Å². The lowest BCUT2D eigenvalue weighted by Crippen LogP contribution is -2.59. The number of esters is 1. The first-order chi connectivity index (χ1) is 14.9. The second-order valence-corrected chi connectivity index (χ2v) is 9.17.